The SMILES string of the molecule is Cc1cccc(C(=O)N(CCN(C)C)C2CCOCC2)c1. The van der Waals surface area contributed by atoms with Crippen molar-refractivity contribution in [3.8, 4) is 0 Å². The lowest BCUT2D eigenvalue weighted by atomic mass is 10.0. The summed E-state index contributed by atoms with van der Waals surface area (Å²) in [6, 6.07) is 8.17. The lowest BCUT2D eigenvalue weighted by molar-refractivity contribution is 0.0276. The second kappa shape index (κ2) is 7.57. The molecule has 21 heavy (non-hydrogen) atoms. The van der Waals surface area contributed by atoms with Crippen LogP contribution in [0.4, 0.5) is 0 Å². The fourth-order valence-corrected chi connectivity index (χ4v) is 2.70. The summed E-state index contributed by atoms with van der Waals surface area (Å²) in [6.07, 6.45) is 1.87. The van der Waals surface area contributed by atoms with Crippen molar-refractivity contribution < 1.29 is 9.53 Å². The summed E-state index contributed by atoms with van der Waals surface area (Å²) < 4.78 is 5.43. The Morgan fingerprint density at radius 1 is 1.24 bits per heavy atom. The van der Waals surface area contributed by atoms with Gasteiger partial charge < -0.3 is 14.5 Å². The van der Waals surface area contributed by atoms with Gasteiger partial charge in [0.1, 0.15) is 0 Å². The van der Waals surface area contributed by atoms with E-state index in [-0.39, 0.29) is 5.91 Å². The van der Waals surface area contributed by atoms with Gasteiger partial charge in [0.15, 0.2) is 0 Å². The fraction of sp³-hybridized carbons (Fsp3) is 0.588. The second-order valence-electron chi connectivity index (χ2n) is 6.01. The maximum Gasteiger partial charge on any atom is 0.254 e. The molecule has 4 nitrogen and oxygen atoms in total. The molecule has 116 valence electrons. The average Bonchev–Trinajstić information content (AvgIpc) is 2.48. The molecule has 0 aliphatic carbocycles. The molecule has 1 aromatic rings. The molecule has 4 heteroatoms. The van der Waals surface area contributed by atoms with Crippen LogP contribution in [0, 0.1) is 6.92 Å². The normalized spacial score (nSPS) is 16.2. The lowest BCUT2D eigenvalue weighted by Crippen LogP contribution is -2.46. The Morgan fingerprint density at radius 3 is 2.57 bits per heavy atom. The zero-order valence-corrected chi connectivity index (χ0v) is 13.3. The first kappa shape index (κ1) is 16.0. The van der Waals surface area contributed by atoms with Gasteiger partial charge in [-0.3, -0.25) is 4.79 Å². The van der Waals surface area contributed by atoms with E-state index < -0.39 is 0 Å². The topological polar surface area (TPSA) is 32.8 Å². The highest BCUT2D eigenvalue weighted by molar-refractivity contribution is 5.94. The van der Waals surface area contributed by atoms with E-state index in [1.807, 2.05) is 50.2 Å². The van der Waals surface area contributed by atoms with Gasteiger partial charge in [0.05, 0.1) is 0 Å². The van der Waals surface area contributed by atoms with Crippen LogP contribution in [0.15, 0.2) is 24.3 Å². The first-order valence-electron chi connectivity index (χ1n) is 7.68. The minimum atomic E-state index is 0.146. The lowest BCUT2D eigenvalue weighted by Gasteiger charge is -2.35. The predicted molar refractivity (Wildman–Crippen MR) is 84.6 cm³/mol. The first-order chi connectivity index (χ1) is 10.1. The van der Waals surface area contributed by atoms with Crippen molar-refractivity contribution in [2.45, 2.75) is 25.8 Å². The zero-order chi connectivity index (χ0) is 15.2. The second-order valence-corrected chi connectivity index (χ2v) is 6.01. The summed E-state index contributed by atoms with van der Waals surface area (Å²) in [6.45, 7) is 5.18. The standard InChI is InChI=1S/C17H26N2O2/c1-14-5-4-6-15(13-14)17(20)19(10-9-18(2)3)16-7-11-21-12-8-16/h4-6,13,16H,7-12H2,1-3H3. The number of hydrogen-bond donors (Lipinski definition) is 0. The van der Waals surface area contributed by atoms with Crippen LogP contribution in [0.5, 0.6) is 0 Å². The van der Waals surface area contributed by atoms with Gasteiger partial charge in [0.25, 0.3) is 5.91 Å². The monoisotopic (exact) mass is 290 g/mol. The van der Waals surface area contributed by atoms with Crippen LogP contribution >= 0.6 is 0 Å². The molecule has 1 aliphatic rings. The van der Waals surface area contributed by atoms with Crippen LogP contribution in [0.25, 0.3) is 0 Å². The molecule has 1 aliphatic heterocycles. The van der Waals surface area contributed by atoms with Gasteiger partial charge in [-0.15, -0.1) is 0 Å². The maximum absolute atomic E-state index is 12.9. The largest absolute Gasteiger partial charge is 0.381 e. The number of amides is 1. The Hall–Kier alpha value is -1.39. The average molecular weight is 290 g/mol. The Balaban J connectivity index is 2.14. The fourth-order valence-electron chi connectivity index (χ4n) is 2.70. The third-order valence-electron chi connectivity index (χ3n) is 3.95. The molecule has 0 unspecified atom stereocenters. The zero-order valence-electron chi connectivity index (χ0n) is 13.3. The molecule has 1 aromatic carbocycles. The minimum absolute atomic E-state index is 0.146. The van der Waals surface area contributed by atoms with Crippen LogP contribution in [0.2, 0.25) is 0 Å². The highest BCUT2D eigenvalue weighted by Crippen LogP contribution is 2.18. The van der Waals surface area contributed by atoms with Crippen LogP contribution in [-0.2, 0) is 4.74 Å². The quantitative estimate of drug-likeness (QED) is 0.833. The molecule has 0 atom stereocenters. The number of nitrogens with zero attached hydrogens (tertiary/aromatic N) is 2. The Labute approximate surface area is 127 Å². The molecular formula is C17H26N2O2. The minimum Gasteiger partial charge on any atom is -0.381 e. The number of likely N-dealkylation sites (N-methyl/N-ethyl adjacent to an activating group) is 1. The molecule has 0 N–H and O–H groups in total. The molecule has 2 rings (SSSR count). The van der Waals surface area contributed by atoms with Crippen molar-refractivity contribution in [1.82, 2.24) is 9.80 Å². The summed E-state index contributed by atoms with van der Waals surface area (Å²) in [7, 11) is 4.08. The summed E-state index contributed by atoms with van der Waals surface area (Å²) in [5.41, 5.74) is 1.92. The van der Waals surface area contributed by atoms with Gasteiger partial charge in [0.2, 0.25) is 0 Å². The van der Waals surface area contributed by atoms with Crippen molar-refractivity contribution in [3.05, 3.63) is 35.4 Å². The van der Waals surface area contributed by atoms with Crippen molar-refractivity contribution in [1.29, 1.82) is 0 Å². The maximum atomic E-state index is 12.9. The van der Waals surface area contributed by atoms with Crippen LogP contribution < -0.4 is 0 Å². The van der Waals surface area contributed by atoms with Gasteiger partial charge in [-0.05, 0) is 46.0 Å². The van der Waals surface area contributed by atoms with Crippen molar-refractivity contribution in [2.75, 3.05) is 40.4 Å². The van der Waals surface area contributed by atoms with Gasteiger partial charge in [0, 0.05) is 37.9 Å². The summed E-state index contributed by atoms with van der Waals surface area (Å²) >= 11 is 0. The molecule has 0 saturated carbocycles. The van der Waals surface area contributed by atoms with E-state index in [4.69, 9.17) is 4.74 Å². The molecule has 1 saturated heterocycles. The summed E-state index contributed by atoms with van der Waals surface area (Å²) in [5.74, 6) is 0.146. The van der Waals surface area contributed by atoms with E-state index >= 15 is 0 Å². The molecule has 0 radical (unpaired) electrons. The molecule has 0 spiro atoms. The number of carbonyl (C=O) groups excluding carboxylic acids is 1. The third kappa shape index (κ3) is 4.55. The smallest absolute Gasteiger partial charge is 0.254 e. The molecular weight excluding hydrogens is 264 g/mol. The van der Waals surface area contributed by atoms with E-state index in [0.29, 0.717) is 6.04 Å². The molecule has 1 amide bonds. The Kier molecular flexibility index (Phi) is 5.76. The van der Waals surface area contributed by atoms with Crippen LogP contribution in [-0.4, -0.2) is 62.1 Å². The van der Waals surface area contributed by atoms with E-state index in [2.05, 4.69) is 4.90 Å². The van der Waals surface area contributed by atoms with Crippen molar-refractivity contribution in [3.63, 3.8) is 0 Å². The number of carbonyl (C=O) groups is 1. The number of hydrogen-bond acceptors (Lipinski definition) is 3. The third-order valence-corrected chi connectivity index (χ3v) is 3.95. The van der Waals surface area contributed by atoms with Crippen LogP contribution in [0.1, 0.15) is 28.8 Å². The van der Waals surface area contributed by atoms with Gasteiger partial charge in [-0.1, -0.05) is 17.7 Å². The van der Waals surface area contributed by atoms with E-state index in [1.165, 1.54) is 0 Å². The molecule has 0 bridgehead atoms. The highest BCUT2D eigenvalue weighted by atomic mass is 16.5. The Morgan fingerprint density at radius 2 is 1.95 bits per heavy atom. The highest BCUT2D eigenvalue weighted by Gasteiger charge is 2.26. The Bertz CT molecular complexity index is 468. The van der Waals surface area contributed by atoms with Crippen molar-refractivity contribution >= 4 is 5.91 Å². The summed E-state index contributed by atoms with van der Waals surface area (Å²) in [4.78, 5) is 17.0. The first-order valence-corrected chi connectivity index (χ1v) is 7.68. The van der Waals surface area contributed by atoms with Gasteiger partial charge in [-0.25, -0.2) is 0 Å². The molecule has 1 fully saturated rings. The summed E-state index contributed by atoms with van der Waals surface area (Å²) in [5, 5.41) is 0. The number of benzene rings is 1. The molecule has 1 heterocycles. The van der Waals surface area contributed by atoms with Crippen LogP contribution in [0.3, 0.4) is 0 Å². The van der Waals surface area contributed by atoms with E-state index in [9.17, 15) is 4.79 Å². The number of ether oxygens (including phenoxy) is 1. The van der Waals surface area contributed by atoms with E-state index in [0.717, 1.165) is 50.3 Å². The van der Waals surface area contributed by atoms with E-state index in [1.54, 1.807) is 0 Å². The predicted octanol–water partition coefficient (Wildman–Crippen LogP) is 2.18. The van der Waals surface area contributed by atoms with Gasteiger partial charge in [-0.2, -0.15) is 0 Å². The van der Waals surface area contributed by atoms with Gasteiger partial charge >= 0.3 is 0 Å². The molecule has 0 aromatic heterocycles. The number of rotatable bonds is 5. The number of aryl methyl sites for hydroxylation is 1. The van der Waals surface area contributed by atoms with Crippen molar-refractivity contribution in [2.24, 2.45) is 0 Å².